The first-order valence-corrected chi connectivity index (χ1v) is 5.57. The fourth-order valence-electron chi connectivity index (χ4n) is 2.93. The number of ether oxygens (including phenoxy) is 1. The quantitative estimate of drug-likeness (QED) is 0.721. The molecule has 0 radical (unpaired) electrons. The van der Waals surface area contributed by atoms with Crippen LogP contribution >= 0.6 is 0 Å². The normalized spacial score (nSPS) is 39.2. The Balaban J connectivity index is 1.70. The maximum Gasteiger partial charge on any atom is 0.0623 e. The summed E-state index contributed by atoms with van der Waals surface area (Å²) >= 11 is 0. The number of hydrogen-bond donors (Lipinski definition) is 1. The molecule has 0 spiro atoms. The van der Waals surface area contributed by atoms with Gasteiger partial charge >= 0.3 is 0 Å². The summed E-state index contributed by atoms with van der Waals surface area (Å²) in [6.07, 6.45) is 4.60. The van der Waals surface area contributed by atoms with Crippen molar-refractivity contribution in [2.24, 2.45) is 23.5 Å². The summed E-state index contributed by atoms with van der Waals surface area (Å²) in [5, 5.41) is 0. The lowest BCUT2D eigenvalue weighted by Gasteiger charge is -2.15. The molecule has 0 bridgehead atoms. The Labute approximate surface area is 80.8 Å². The van der Waals surface area contributed by atoms with E-state index in [1.807, 2.05) is 0 Å². The zero-order chi connectivity index (χ0) is 9.42. The van der Waals surface area contributed by atoms with Gasteiger partial charge in [-0.1, -0.05) is 6.42 Å². The Bertz CT molecular complexity index is 171. The molecule has 2 rings (SSSR count). The molecule has 13 heavy (non-hydrogen) atoms. The first-order valence-electron chi connectivity index (χ1n) is 5.57. The Morgan fingerprint density at radius 3 is 2.46 bits per heavy atom. The molecule has 2 fully saturated rings. The number of fused-ring (bicyclic) bond motifs is 1. The molecule has 0 aliphatic heterocycles. The summed E-state index contributed by atoms with van der Waals surface area (Å²) in [7, 11) is 0. The zero-order valence-corrected chi connectivity index (χ0v) is 8.70. The lowest BCUT2D eigenvalue weighted by molar-refractivity contribution is 0.0623. The van der Waals surface area contributed by atoms with Crippen LogP contribution in [-0.4, -0.2) is 18.8 Å². The highest BCUT2D eigenvalue weighted by atomic mass is 16.5. The van der Waals surface area contributed by atoms with Crippen LogP contribution in [0.2, 0.25) is 0 Å². The highest BCUT2D eigenvalue weighted by Gasteiger charge is 2.54. The van der Waals surface area contributed by atoms with E-state index < -0.39 is 0 Å². The molecule has 0 aromatic heterocycles. The van der Waals surface area contributed by atoms with Crippen LogP contribution in [-0.2, 0) is 4.74 Å². The lowest BCUT2D eigenvalue weighted by atomic mass is 10.1. The van der Waals surface area contributed by atoms with Gasteiger partial charge in [-0.05, 0) is 44.4 Å². The highest BCUT2D eigenvalue weighted by Crippen LogP contribution is 2.58. The number of nitrogens with two attached hydrogens (primary N) is 1. The van der Waals surface area contributed by atoms with E-state index >= 15 is 0 Å². The molecule has 2 aliphatic rings. The average molecular weight is 183 g/mol. The first-order chi connectivity index (χ1) is 6.20. The average Bonchev–Trinajstić information content (AvgIpc) is 2.56. The third-order valence-corrected chi connectivity index (χ3v) is 3.59. The SMILES string of the molecule is CC(C)OCC(N)C1C2CCCC21. The van der Waals surface area contributed by atoms with Crippen LogP contribution in [0.3, 0.4) is 0 Å². The van der Waals surface area contributed by atoms with Crippen LogP contribution in [0.1, 0.15) is 33.1 Å². The van der Waals surface area contributed by atoms with Crippen LogP contribution < -0.4 is 5.73 Å². The summed E-state index contributed by atoms with van der Waals surface area (Å²) in [6, 6.07) is 0.303. The van der Waals surface area contributed by atoms with Gasteiger partial charge in [0.25, 0.3) is 0 Å². The number of hydrogen-bond acceptors (Lipinski definition) is 2. The maximum atomic E-state index is 6.09. The van der Waals surface area contributed by atoms with Gasteiger partial charge in [0.15, 0.2) is 0 Å². The van der Waals surface area contributed by atoms with Gasteiger partial charge in [-0.2, -0.15) is 0 Å². The fourth-order valence-corrected chi connectivity index (χ4v) is 2.93. The van der Waals surface area contributed by atoms with E-state index in [-0.39, 0.29) is 0 Å². The van der Waals surface area contributed by atoms with Crippen LogP contribution in [0.25, 0.3) is 0 Å². The predicted molar refractivity (Wildman–Crippen MR) is 53.4 cm³/mol. The Morgan fingerprint density at radius 2 is 1.92 bits per heavy atom. The Morgan fingerprint density at radius 1 is 1.31 bits per heavy atom. The first kappa shape index (κ1) is 9.47. The fraction of sp³-hybridized carbons (Fsp3) is 1.00. The van der Waals surface area contributed by atoms with Gasteiger partial charge in [0.05, 0.1) is 12.7 Å². The van der Waals surface area contributed by atoms with Crippen molar-refractivity contribution in [1.82, 2.24) is 0 Å². The minimum absolute atomic E-state index is 0.303. The predicted octanol–water partition coefficient (Wildman–Crippen LogP) is 1.78. The highest BCUT2D eigenvalue weighted by molar-refractivity contribution is 5.05. The number of rotatable bonds is 4. The molecule has 76 valence electrons. The summed E-state index contributed by atoms with van der Waals surface area (Å²) in [4.78, 5) is 0. The minimum Gasteiger partial charge on any atom is -0.377 e. The molecular weight excluding hydrogens is 162 g/mol. The largest absolute Gasteiger partial charge is 0.377 e. The van der Waals surface area contributed by atoms with E-state index in [4.69, 9.17) is 10.5 Å². The molecule has 3 unspecified atom stereocenters. The topological polar surface area (TPSA) is 35.2 Å². The van der Waals surface area contributed by atoms with Crippen LogP contribution in [0.5, 0.6) is 0 Å². The van der Waals surface area contributed by atoms with Gasteiger partial charge in [0.1, 0.15) is 0 Å². The van der Waals surface area contributed by atoms with E-state index in [1.165, 1.54) is 19.3 Å². The molecule has 0 heterocycles. The van der Waals surface area contributed by atoms with Crippen molar-refractivity contribution in [3.8, 4) is 0 Å². The molecule has 0 aromatic carbocycles. The van der Waals surface area contributed by atoms with Crippen LogP contribution in [0.15, 0.2) is 0 Å². The third-order valence-electron chi connectivity index (χ3n) is 3.59. The second kappa shape index (κ2) is 3.58. The molecule has 0 saturated heterocycles. The van der Waals surface area contributed by atoms with E-state index in [9.17, 15) is 0 Å². The van der Waals surface area contributed by atoms with Gasteiger partial charge in [-0.3, -0.25) is 0 Å². The standard InChI is InChI=1S/C11H21NO/c1-7(2)13-6-10(12)11-8-4-3-5-9(8)11/h7-11H,3-6,12H2,1-2H3. The Hall–Kier alpha value is -0.0800. The van der Waals surface area contributed by atoms with Crippen molar-refractivity contribution >= 4 is 0 Å². The van der Waals surface area contributed by atoms with Gasteiger partial charge in [0, 0.05) is 6.04 Å². The molecule has 0 amide bonds. The van der Waals surface area contributed by atoms with Gasteiger partial charge < -0.3 is 10.5 Å². The van der Waals surface area contributed by atoms with Crippen LogP contribution in [0, 0.1) is 17.8 Å². The molecule has 2 aliphatic carbocycles. The lowest BCUT2D eigenvalue weighted by Crippen LogP contribution is -2.31. The molecular formula is C11H21NO. The van der Waals surface area contributed by atoms with Crippen molar-refractivity contribution in [3.05, 3.63) is 0 Å². The molecule has 2 N–H and O–H groups in total. The van der Waals surface area contributed by atoms with Gasteiger partial charge in [-0.15, -0.1) is 0 Å². The van der Waals surface area contributed by atoms with Crippen LogP contribution in [0.4, 0.5) is 0 Å². The second-order valence-electron chi connectivity index (χ2n) is 4.88. The smallest absolute Gasteiger partial charge is 0.0623 e. The van der Waals surface area contributed by atoms with E-state index in [0.717, 1.165) is 24.4 Å². The van der Waals surface area contributed by atoms with E-state index in [0.29, 0.717) is 12.1 Å². The Kier molecular flexibility index (Phi) is 2.61. The monoisotopic (exact) mass is 183 g/mol. The van der Waals surface area contributed by atoms with Crippen molar-refractivity contribution in [2.45, 2.75) is 45.3 Å². The molecule has 3 atom stereocenters. The molecule has 2 heteroatoms. The minimum atomic E-state index is 0.303. The summed E-state index contributed by atoms with van der Waals surface area (Å²) in [6.45, 7) is 4.90. The zero-order valence-electron chi connectivity index (χ0n) is 8.70. The van der Waals surface area contributed by atoms with Crippen molar-refractivity contribution in [2.75, 3.05) is 6.61 Å². The summed E-state index contributed by atoms with van der Waals surface area (Å²) in [5.41, 5.74) is 6.09. The van der Waals surface area contributed by atoms with Crippen molar-refractivity contribution in [1.29, 1.82) is 0 Å². The van der Waals surface area contributed by atoms with Gasteiger partial charge in [-0.25, -0.2) is 0 Å². The molecule has 2 saturated carbocycles. The summed E-state index contributed by atoms with van der Waals surface area (Å²) in [5.74, 6) is 2.73. The van der Waals surface area contributed by atoms with Gasteiger partial charge in [0.2, 0.25) is 0 Å². The van der Waals surface area contributed by atoms with E-state index in [1.54, 1.807) is 0 Å². The molecule has 0 aromatic rings. The van der Waals surface area contributed by atoms with Crippen molar-refractivity contribution in [3.63, 3.8) is 0 Å². The third kappa shape index (κ3) is 1.89. The van der Waals surface area contributed by atoms with Crippen molar-refractivity contribution < 1.29 is 4.74 Å². The molecule has 2 nitrogen and oxygen atoms in total. The second-order valence-corrected chi connectivity index (χ2v) is 4.88. The summed E-state index contributed by atoms with van der Waals surface area (Å²) < 4.78 is 5.55. The maximum absolute atomic E-state index is 6.09. The van der Waals surface area contributed by atoms with E-state index in [2.05, 4.69) is 13.8 Å².